The van der Waals surface area contributed by atoms with E-state index in [0.29, 0.717) is 37.7 Å². The SMILES string of the molecule is COc1cccc([C@@H]2CC(c3cccs3)=NN2C(=O)C[NH+]2CCOCC2)c1OC. The Morgan fingerprint density at radius 2 is 2.07 bits per heavy atom. The molecule has 7 nitrogen and oxygen atoms in total. The zero-order chi connectivity index (χ0) is 20.2. The second kappa shape index (κ2) is 8.94. The highest BCUT2D eigenvalue weighted by molar-refractivity contribution is 7.12. The van der Waals surface area contributed by atoms with E-state index < -0.39 is 0 Å². The van der Waals surface area contributed by atoms with E-state index in [1.54, 1.807) is 30.6 Å². The van der Waals surface area contributed by atoms with E-state index in [4.69, 9.17) is 19.3 Å². The summed E-state index contributed by atoms with van der Waals surface area (Å²) < 4.78 is 16.5. The first-order valence-electron chi connectivity index (χ1n) is 9.77. The number of para-hydroxylation sites is 1. The van der Waals surface area contributed by atoms with E-state index in [1.807, 2.05) is 35.7 Å². The summed E-state index contributed by atoms with van der Waals surface area (Å²) in [6.45, 7) is 3.48. The molecule has 1 aromatic heterocycles. The van der Waals surface area contributed by atoms with Gasteiger partial charge >= 0.3 is 0 Å². The van der Waals surface area contributed by atoms with Crippen molar-refractivity contribution in [3.05, 3.63) is 46.2 Å². The van der Waals surface area contributed by atoms with Gasteiger partial charge in [0.1, 0.15) is 13.1 Å². The van der Waals surface area contributed by atoms with Gasteiger partial charge in [0, 0.05) is 12.0 Å². The number of carbonyl (C=O) groups excluding carboxylic acids is 1. The lowest BCUT2D eigenvalue weighted by Gasteiger charge is -2.27. The fourth-order valence-corrected chi connectivity index (χ4v) is 4.60. The number of carbonyl (C=O) groups is 1. The van der Waals surface area contributed by atoms with Crippen LogP contribution in [0.15, 0.2) is 40.8 Å². The molecule has 2 aromatic rings. The molecule has 1 saturated heterocycles. The first kappa shape index (κ1) is 19.9. The Morgan fingerprint density at radius 1 is 1.24 bits per heavy atom. The summed E-state index contributed by atoms with van der Waals surface area (Å²) in [7, 11) is 3.25. The van der Waals surface area contributed by atoms with Crippen molar-refractivity contribution >= 4 is 23.0 Å². The van der Waals surface area contributed by atoms with Crippen molar-refractivity contribution in [2.75, 3.05) is 47.1 Å². The van der Waals surface area contributed by atoms with Gasteiger partial charge in [-0.1, -0.05) is 18.2 Å². The summed E-state index contributed by atoms with van der Waals surface area (Å²) in [6, 6.07) is 9.61. The van der Waals surface area contributed by atoms with Gasteiger partial charge in [0.15, 0.2) is 18.0 Å². The summed E-state index contributed by atoms with van der Waals surface area (Å²) >= 11 is 1.64. The highest BCUT2D eigenvalue weighted by atomic mass is 32.1. The van der Waals surface area contributed by atoms with Gasteiger partial charge in [0.25, 0.3) is 5.91 Å². The third-order valence-electron chi connectivity index (χ3n) is 5.37. The molecule has 29 heavy (non-hydrogen) atoms. The van der Waals surface area contributed by atoms with Gasteiger partial charge in [-0.2, -0.15) is 5.10 Å². The van der Waals surface area contributed by atoms with Gasteiger partial charge in [-0.15, -0.1) is 11.3 Å². The molecule has 1 amide bonds. The third-order valence-corrected chi connectivity index (χ3v) is 6.28. The number of benzene rings is 1. The van der Waals surface area contributed by atoms with E-state index in [9.17, 15) is 4.79 Å². The minimum atomic E-state index is -0.218. The number of nitrogens with one attached hydrogen (secondary N) is 1. The zero-order valence-electron chi connectivity index (χ0n) is 16.7. The van der Waals surface area contributed by atoms with Crippen LogP contribution in [0.2, 0.25) is 0 Å². The summed E-state index contributed by atoms with van der Waals surface area (Å²) in [5.41, 5.74) is 1.84. The average Bonchev–Trinajstić information content (AvgIpc) is 3.43. The molecule has 3 heterocycles. The molecule has 2 aliphatic heterocycles. The van der Waals surface area contributed by atoms with Gasteiger partial charge < -0.3 is 19.1 Å². The molecular formula is C21H26N3O4S+. The van der Waals surface area contributed by atoms with Crippen molar-refractivity contribution in [1.82, 2.24) is 5.01 Å². The quantitative estimate of drug-likeness (QED) is 0.772. The van der Waals surface area contributed by atoms with Gasteiger partial charge in [0.05, 0.1) is 44.1 Å². The fourth-order valence-electron chi connectivity index (χ4n) is 3.88. The lowest BCUT2D eigenvalue weighted by Crippen LogP contribution is -3.15. The average molecular weight is 417 g/mol. The van der Waals surface area contributed by atoms with E-state index in [0.717, 1.165) is 29.2 Å². The summed E-state index contributed by atoms with van der Waals surface area (Å²) in [4.78, 5) is 15.6. The maximum Gasteiger partial charge on any atom is 0.298 e. The van der Waals surface area contributed by atoms with Crippen LogP contribution in [0.25, 0.3) is 0 Å². The minimum Gasteiger partial charge on any atom is -0.493 e. The zero-order valence-corrected chi connectivity index (χ0v) is 17.5. The normalized spacial score (nSPS) is 19.9. The van der Waals surface area contributed by atoms with Gasteiger partial charge in [-0.05, 0) is 17.5 Å². The number of hydrogen-bond donors (Lipinski definition) is 1. The van der Waals surface area contributed by atoms with Crippen LogP contribution in [0.3, 0.4) is 0 Å². The molecule has 4 rings (SSSR count). The van der Waals surface area contributed by atoms with Crippen LogP contribution < -0.4 is 14.4 Å². The van der Waals surface area contributed by atoms with Crippen LogP contribution in [-0.2, 0) is 9.53 Å². The molecule has 154 valence electrons. The van der Waals surface area contributed by atoms with Crippen molar-refractivity contribution < 1.29 is 23.9 Å². The molecule has 2 aliphatic rings. The second-order valence-corrected chi connectivity index (χ2v) is 8.05. The maximum absolute atomic E-state index is 13.3. The summed E-state index contributed by atoms with van der Waals surface area (Å²) in [6.07, 6.45) is 0.647. The maximum atomic E-state index is 13.3. The Bertz CT molecular complexity index is 878. The van der Waals surface area contributed by atoms with Crippen molar-refractivity contribution in [3.8, 4) is 11.5 Å². The number of morpholine rings is 1. The first-order valence-corrected chi connectivity index (χ1v) is 10.6. The van der Waals surface area contributed by atoms with Crippen LogP contribution in [0, 0.1) is 0 Å². The lowest BCUT2D eigenvalue weighted by molar-refractivity contribution is -0.900. The molecule has 0 bridgehead atoms. The van der Waals surface area contributed by atoms with Crippen molar-refractivity contribution in [2.24, 2.45) is 5.10 Å². The van der Waals surface area contributed by atoms with E-state index in [-0.39, 0.29) is 11.9 Å². The van der Waals surface area contributed by atoms with E-state index in [1.165, 1.54) is 4.90 Å². The molecule has 0 aliphatic carbocycles. The molecule has 0 radical (unpaired) electrons. The largest absolute Gasteiger partial charge is 0.493 e. The minimum absolute atomic E-state index is 0.0170. The number of nitrogens with zero attached hydrogens (tertiary/aromatic N) is 2. The molecule has 0 unspecified atom stereocenters. The Balaban J connectivity index is 1.65. The Hall–Kier alpha value is -2.42. The first-order chi connectivity index (χ1) is 14.2. The van der Waals surface area contributed by atoms with Gasteiger partial charge in [0.2, 0.25) is 0 Å². The van der Waals surface area contributed by atoms with Gasteiger partial charge in [-0.3, -0.25) is 4.79 Å². The molecule has 1 aromatic carbocycles. The van der Waals surface area contributed by atoms with Crippen molar-refractivity contribution in [2.45, 2.75) is 12.5 Å². The Morgan fingerprint density at radius 3 is 2.76 bits per heavy atom. The van der Waals surface area contributed by atoms with Gasteiger partial charge in [-0.25, -0.2) is 5.01 Å². The van der Waals surface area contributed by atoms with Crippen LogP contribution in [0.1, 0.15) is 22.9 Å². The summed E-state index contributed by atoms with van der Waals surface area (Å²) in [5, 5.41) is 8.43. The van der Waals surface area contributed by atoms with Crippen LogP contribution in [0.5, 0.6) is 11.5 Å². The molecule has 0 saturated carbocycles. The van der Waals surface area contributed by atoms with E-state index in [2.05, 4.69) is 0 Å². The molecule has 1 fully saturated rings. The number of thiophene rings is 1. The standard InChI is InChI=1S/C21H25N3O4S/c1-26-18-6-3-5-15(21(18)27-2)17-13-16(19-7-4-12-29-19)22-24(17)20(25)14-23-8-10-28-11-9-23/h3-7,12,17H,8-11,13-14H2,1-2H3/p+1/t17-/m0/s1. The second-order valence-electron chi connectivity index (χ2n) is 7.10. The molecule has 1 N–H and O–H groups in total. The number of ether oxygens (including phenoxy) is 3. The molecular weight excluding hydrogens is 390 g/mol. The summed E-state index contributed by atoms with van der Waals surface area (Å²) in [5.74, 6) is 1.32. The van der Waals surface area contributed by atoms with E-state index >= 15 is 0 Å². The topological polar surface area (TPSA) is 64.8 Å². The molecule has 8 heteroatoms. The van der Waals surface area contributed by atoms with Crippen molar-refractivity contribution in [1.29, 1.82) is 0 Å². The van der Waals surface area contributed by atoms with Crippen LogP contribution in [0.4, 0.5) is 0 Å². The predicted molar refractivity (Wildman–Crippen MR) is 111 cm³/mol. The number of amides is 1. The highest BCUT2D eigenvalue weighted by Crippen LogP contribution is 2.41. The monoisotopic (exact) mass is 416 g/mol. The molecule has 1 atom stereocenters. The number of rotatable bonds is 6. The third kappa shape index (κ3) is 4.14. The molecule has 0 spiro atoms. The Labute approximate surface area is 174 Å². The fraction of sp³-hybridized carbons (Fsp3) is 0.429. The van der Waals surface area contributed by atoms with Crippen molar-refractivity contribution in [3.63, 3.8) is 0 Å². The number of methoxy groups -OCH3 is 2. The van der Waals surface area contributed by atoms with Crippen LogP contribution in [-0.4, -0.2) is 63.7 Å². The Kier molecular flexibility index (Phi) is 6.13. The lowest BCUT2D eigenvalue weighted by atomic mass is 9.99. The predicted octanol–water partition coefficient (Wildman–Crippen LogP) is 1.36. The highest BCUT2D eigenvalue weighted by Gasteiger charge is 2.37. The number of hydrogen-bond acceptors (Lipinski definition) is 6. The van der Waals surface area contributed by atoms with Crippen LogP contribution >= 0.6 is 11.3 Å². The smallest absolute Gasteiger partial charge is 0.298 e. The number of hydrazone groups is 1. The number of quaternary nitrogens is 1.